The molecule has 1 saturated heterocycles. The lowest BCUT2D eigenvalue weighted by molar-refractivity contribution is 0.0511. The lowest BCUT2D eigenvalue weighted by atomic mass is 10.1. The van der Waals surface area contributed by atoms with Crippen molar-refractivity contribution in [1.29, 1.82) is 0 Å². The molecule has 186 valence electrons. The molecule has 0 bridgehead atoms. The van der Waals surface area contributed by atoms with Crippen molar-refractivity contribution >= 4 is 17.6 Å². The summed E-state index contributed by atoms with van der Waals surface area (Å²) in [5, 5.41) is 12.3. The SMILES string of the molecule is COc1nc(CCCO)ccc1Nc1nccc(OC2CCN(C(=O)OC(C)C)CC2)c1OC. The van der Waals surface area contributed by atoms with Gasteiger partial charge >= 0.3 is 6.09 Å². The van der Waals surface area contributed by atoms with Gasteiger partial charge in [0.2, 0.25) is 11.6 Å². The molecule has 0 spiro atoms. The van der Waals surface area contributed by atoms with E-state index in [-0.39, 0.29) is 24.9 Å². The number of anilines is 2. The van der Waals surface area contributed by atoms with Gasteiger partial charge in [0.25, 0.3) is 0 Å². The summed E-state index contributed by atoms with van der Waals surface area (Å²) in [6.45, 7) is 4.93. The van der Waals surface area contributed by atoms with Gasteiger partial charge in [-0.15, -0.1) is 0 Å². The molecule has 0 aromatic carbocycles. The molecule has 2 aromatic rings. The van der Waals surface area contributed by atoms with Crippen LogP contribution in [0.25, 0.3) is 0 Å². The first-order chi connectivity index (χ1) is 16.4. The summed E-state index contributed by atoms with van der Waals surface area (Å²) in [6, 6.07) is 5.50. The van der Waals surface area contributed by atoms with Crippen molar-refractivity contribution in [3.05, 3.63) is 30.1 Å². The summed E-state index contributed by atoms with van der Waals surface area (Å²) < 4.78 is 22.6. The Balaban J connectivity index is 1.69. The third-order valence-electron chi connectivity index (χ3n) is 5.36. The third kappa shape index (κ3) is 6.63. The summed E-state index contributed by atoms with van der Waals surface area (Å²) in [4.78, 5) is 22.7. The van der Waals surface area contributed by atoms with E-state index in [4.69, 9.17) is 24.1 Å². The number of ether oxygens (including phenoxy) is 4. The summed E-state index contributed by atoms with van der Waals surface area (Å²) in [7, 11) is 3.11. The van der Waals surface area contributed by atoms with E-state index in [1.807, 2.05) is 26.0 Å². The number of carbonyl (C=O) groups excluding carboxylic acids is 1. The van der Waals surface area contributed by atoms with Crippen LogP contribution < -0.4 is 19.5 Å². The second kappa shape index (κ2) is 12.3. The van der Waals surface area contributed by atoms with Gasteiger partial charge in [0.1, 0.15) is 11.8 Å². The second-order valence-corrected chi connectivity index (χ2v) is 8.24. The predicted octanol–water partition coefficient (Wildman–Crippen LogP) is 3.55. The van der Waals surface area contributed by atoms with E-state index in [1.54, 1.807) is 31.4 Å². The average Bonchev–Trinajstić information content (AvgIpc) is 2.83. The maximum atomic E-state index is 12.1. The van der Waals surface area contributed by atoms with E-state index in [0.717, 1.165) is 5.69 Å². The second-order valence-electron chi connectivity index (χ2n) is 8.24. The molecule has 2 aromatic heterocycles. The van der Waals surface area contributed by atoms with E-state index in [9.17, 15) is 4.79 Å². The predicted molar refractivity (Wildman–Crippen MR) is 127 cm³/mol. The lowest BCUT2D eigenvalue weighted by Gasteiger charge is -2.32. The molecule has 34 heavy (non-hydrogen) atoms. The summed E-state index contributed by atoms with van der Waals surface area (Å²) in [5.41, 5.74) is 1.47. The monoisotopic (exact) mass is 474 g/mol. The number of methoxy groups -OCH3 is 2. The van der Waals surface area contributed by atoms with Crippen LogP contribution in [-0.4, -0.2) is 72.2 Å². The van der Waals surface area contributed by atoms with Gasteiger partial charge < -0.3 is 34.3 Å². The number of carbonyl (C=O) groups is 1. The number of nitrogens with zero attached hydrogens (tertiary/aromatic N) is 3. The Morgan fingerprint density at radius 1 is 1.21 bits per heavy atom. The molecule has 3 rings (SSSR count). The molecule has 0 atom stereocenters. The minimum Gasteiger partial charge on any atom is -0.490 e. The molecule has 0 radical (unpaired) electrons. The number of aryl methyl sites for hydroxylation is 1. The van der Waals surface area contributed by atoms with Crippen LogP contribution in [0.3, 0.4) is 0 Å². The zero-order valence-electron chi connectivity index (χ0n) is 20.2. The summed E-state index contributed by atoms with van der Waals surface area (Å²) in [5.74, 6) is 1.93. The van der Waals surface area contributed by atoms with Crippen LogP contribution in [0.2, 0.25) is 0 Å². The Labute approximate surface area is 200 Å². The number of aliphatic hydroxyl groups is 1. The van der Waals surface area contributed by atoms with Crippen LogP contribution in [0.1, 0.15) is 38.8 Å². The quantitative estimate of drug-likeness (QED) is 0.533. The molecule has 1 fully saturated rings. The van der Waals surface area contributed by atoms with Crippen LogP contribution in [0, 0.1) is 0 Å². The highest BCUT2D eigenvalue weighted by Gasteiger charge is 2.26. The Bertz CT molecular complexity index is 947. The van der Waals surface area contributed by atoms with Crippen molar-refractivity contribution in [3.8, 4) is 17.4 Å². The van der Waals surface area contributed by atoms with Crippen molar-refractivity contribution in [3.63, 3.8) is 0 Å². The number of aromatic nitrogens is 2. The summed E-state index contributed by atoms with van der Waals surface area (Å²) >= 11 is 0. The fourth-order valence-electron chi connectivity index (χ4n) is 3.68. The molecular formula is C24H34N4O6. The Morgan fingerprint density at radius 2 is 1.97 bits per heavy atom. The minimum absolute atomic E-state index is 0.0609. The van der Waals surface area contributed by atoms with Gasteiger partial charge in [0, 0.05) is 50.5 Å². The number of hydrogen-bond donors (Lipinski definition) is 2. The van der Waals surface area contributed by atoms with Gasteiger partial charge in [-0.1, -0.05) is 0 Å². The lowest BCUT2D eigenvalue weighted by Crippen LogP contribution is -2.42. The fraction of sp³-hybridized carbons (Fsp3) is 0.542. The number of amides is 1. The van der Waals surface area contributed by atoms with Gasteiger partial charge in [-0.3, -0.25) is 0 Å². The third-order valence-corrected chi connectivity index (χ3v) is 5.36. The molecule has 2 N–H and O–H groups in total. The number of nitrogens with one attached hydrogen (secondary N) is 1. The Hall–Kier alpha value is -3.27. The number of hydrogen-bond acceptors (Lipinski definition) is 9. The number of rotatable bonds is 10. The highest BCUT2D eigenvalue weighted by molar-refractivity contribution is 5.69. The van der Waals surface area contributed by atoms with E-state index >= 15 is 0 Å². The largest absolute Gasteiger partial charge is 0.490 e. The molecule has 0 saturated carbocycles. The number of piperidine rings is 1. The van der Waals surface area contributed by atoms with Gasteiger partial charge in [0.15, 0.2) is 11.6 Å². The van der Waals surface area contributed by atoms with Gasteiger partial charge in [0.05, 0.1) is 20.3 Å². The number of aliphatic hydroxyl groups excluding tert-OH is 1. The van der Waals surface area contributed by atoms with E-state index < -0.39 is 0 Å². The van der Waals surface area contributed by atoms with Crippen LogP contribution in [-0.2, 0) is 11.2 Å². The molecule has 0 unspecified atom stereocenters. The highest BCUT2D eigenvalue weighted by Crippen LogP contribution is 2.37. The van der Waals surface area contributed by atoms with Crippen LogP contribution >= 0.6 is 0 Å². The van der Waals surface area contributed by atoms with Gasteiger partial charge in [-0.05, 0) is 38.8 Å². The molecule has 10 nitrogen and oxygen atoms in total. The highest BCUT2D eigenvalue weighted by atomic mass is 16.6. The summed E-state index contributed by atoms with van der Waals surface area (Å²) in [6.07, 6.45) is 3.83. The topological polar surface area (TPSA) is 115 Å². The smallest absolute Gasteiger partial charge is 0.410 e. The first-order valence-electron chi connectivity index (χ1n) is 11.5. The molecule has 10 heteroatoms. The average molecular weight is 475 g/mol. The molecule has 0 aliphatic carbocycles. The molecule has 1 aliphatic rings. The zero-order valence-corrected chi connectivity index (χ0v) is 20.2. The van der Waals surface area contributed by atoms with Gasteiger partial charge in [-0.2, -0.15) is 0 Å². The van der Waals surface area contributed by atoms with Crippen LogP contribution in [0.15, 0.2) is 24.4 Å². The van der Waals surface area contributed by atoms with Crippen molar-refractivity contribution in [1.82, 2.24) is 14.9 Å². The molecule has 1 aliphatic heterocycles. The normalized spacial score (nSPS) is 14.1. The van der Waals surface area contributed by atoms with E-state index in [0.29, 0.717) is 67.7 Å². The maximum Gasteiger partial charge on any atom is 0.410 e. The Morgan fingerprint density at radius 3 is 2.62 bits per heavy atom. The molecular weight excluding hydrogens is 440 g/mol. The van der Waals surface area contributed by atoms with Crippen LogP contribution in [0.5, 0.6) is 17.4 Å². The van der Waals surface area contributed by atoms with Crippen molar-refractivity contribution in [2.24, 2.45) is 0 Å². The van der Waals surface area contributed by atoms with Crippen molar-refractivity contribution in [2.45, 2.75) is 51.7 Å². The molecule has 3 heterocycles. The van der Waals surface area contributed by atoms with Crippen LogP contribution in [0.4, 0.5) is 16.3 Å². The van der Waals surface area contributed by atoms with Gasteiger partial charge in [-0.25, -0.2) is 14.8 Å². The fourth-order valence-corrected chi connectivity index (χ4v) is 3.68. The first-order valence-corrected chi connectivity index (χ1v) is 11.5. The first kappa shape index (κ1) is 25.4. The number of likely N-dealkylation sites (tertiary alicyclic amines) is 1. The maximum absolute atomic E-state index is 12.1. The van der Waals surface area contributed by atoms with E-state index in [2.05, 4.69) is 15.3 Å². The zero-order chi connectivity index (χ0) is 24.5. The minimum atomic E-state index is -0.286. The Kier molecular flexibility index (Phi) is 9.15. The molecule has 1 amide bonds. The van der Waals surface area contributed by atoms with Crippen molar-refractivity contribution in [2.75, 3.05) is 39.2 Å². The number of pyridine rings is 2. The standard InChI is InChI=1S/C24H34N4O6/c1-16(2)33-24(30)28-13-10-18(11-14-28)34-20-9-12-25-22(21(20)31-3)27-19-8-7-17(6-5-15-29)26-23(19)32-4/h7-9,12,16,18,29H,5-6,10-11,13-15H2,1-4H3,(H,25,27). The van der Waals surface area contributed by atoms with E-state index in [1.165, 1.54) is 0 Å². The van der Waals surface area contributed by atoms with Crippen molar-refractivity contribution < 1.29 is 28.8 Å².